The smallest absolute Gasteiger partial charge is 0.330 e. The van der Waals surface area contributed by atoms with Gasteiger partial charge in [-0.15, -0.1) is 0 Å². The maximum Gasteiger partial charge on any atom is 0.330 e. The van der Waals surface area contributed by atoms with E-state index in [2.05, 4.69) is 19.7 Å². The molecule has 0 radical (unpaired) electrons. The van der Waals surface area contributed by atoms with Crippen molar-refractivity contribution in [2.24, 2.45) is 0 Å². The van der Waals surface area contributed by atoms with Gasteiger partial charge in [0.2, 0.25) is 0 Å². The first kappa shape index (κ1) is 31.9. The van der Waals surface area contributed by atoms with E-state index in [1.807, 2.05) is 26.8 Å². The Balaban J connectivity index is 2.41. The van der Waals surface area contributed by atoms with Crippen molar-refractivity contribution >= 4 is 28.7 Å². The number of carbonyl (C=O) groups excluding carboxylic acids is 3. The molecule has 0 aliphatic rings. The van der Waals surface area contributed by atoms with Gasteiger partial charge in [0.15, 0.2) is 0 Å². The first-order valence-corrected chi connectivity index (χ1v) is 13.2. The molecule has 216 valence electrons. The van der Waals surface area contributed by atoms with E-state index in [1.54, 1.807) is 24.3 Å². The molecular weight excluding hydrogens is 516 g/mol. The van der Waals surface area contributed by atoms with Gasteiger partial charge in [-0.25, -0.2) is 14.4 Å². The van der Waals surface area contributed by atoms with Crippen LogP contribution in [0.15, 0.2) is 68.3 Å². The molecular formula is C31H38O9. The van der Waals surface area contributed by atoms with E-state index in [9.17, 15) is 14.4 Å². The molecule has 2 aromatic rings. The summed E-state index contributed by atoms with van der Waals surface area (Å²) in [6, 6.07) is 8.92. The quantitative estimate of drug-likeness (QED) is 0.134. The number of benzene rings is 2. The molecule has 9 nitrogen and oxygen atoms in total. The molecule has 2 aromatic carbocycles. The van der Waals surface area contributed by atoms with Crippen molar-refractivity contribution < 1.29 is 42.8 Å². The molecule has 0 bridgehead atoms. The van der Waals surface area contributed by atoms with Crippen LogP contribution in [0.4, 0.5) is 0 Å². The molecule has 0 N–H and O–H groups in total. The molecule has 0 amide bonds. The number of hydrogen-bond acceptors (Lipinski definition) is 9. The normalized spacial score (nSPS) is 12.8. The zero-order valence-electron chi connectivity index (χ0n) is 23.4. The Kier molecular flexibility index (Phi) is 13.3. The summed E-state index contributed by atoms with van der Waals surface area (Å²) in [5.74, 6) is -0.105. The zero-order chi connectivity index (χ0) is 29.5. The van der Waals surface area contributed by atoms with Gasteiger partial charge in [-0.1, -0.05) is 52.6 Å². The lowest BCUT2D eigenvalue weighted by Gasteiger charge is -2.21. The van der Waals surface area contributed by atoms with Crippen molar-refractivity contribution in [3.8, 4) is 17.2 Å². The van der Waals surface area contributed by atoms with Gasteiger partial charge in [-0.2, -0.15) is 0 Å². The topological polar surface area (TPSA) is 107 Å². The fourth-order valence-electron chi connectivity index (χ4n) is 3.57. The minimum absolute atomic E-state index is 0.101. The molecule has 9 heteroatoms. The fraction of sp³-hybridized carbons (Fsp3) is 0.387. The summed E-state index contributed by atoms with van der Waals surface area (Å²) >= 11 is 0. The van der Waals surface area contributed by atoms with Crippen LogP contribution in [0.25, 0.3) is 10.8 Å². The standard InChI is InChI=1S/C31H38O9/c1-7-21(38-28(32)10-4)18-35-25-16-17-27(37-20-23(9-3)40-30(34)12-6)31-24(25)14-13-15-26(31)36-19-22(8-2)39-29(33)11-5/h10-17,21-23H,4-9,18-20H2,1-3H3. The molecule has 0 fully saturated rings. The second-order valence-electron chi connectivity index (χ2n) is 8.69. The van der Waals surface area contributed by atoms with Crippen molar-refractivity contribution in [2.45, 2.75) is 58.3 Å². The lowest BCUT2D eigenvalue weighted by Crippen LogP contribution is -2.24. The van der Waals surface area contributed by atoms with Gasteiger partial charge in [0.1, 0.15) is 55.4 Å². The van der Waals surface area contributed by atoms with Crippen LogP contribution in [0.1, 0.15) is 40.0 Å². The molecule has 0 aliphatic carbocycles. The van der Waals surface area contributed by atoms with Gasteiger partial charge < -0.3 is 28.4 Å². The Bertz CT molecular complexity index is 1150. The summed E-state index contributed by atoms with van der Waals surface area (Å²) in [5, 5.41) is 1.30. The molecule has 0 aliphatic heterocycles. The van der Waals surface area contributed by atoms with Crippen LogP contribution in [0.5, 0.6) is 17.2 Å². The van der Waals surface area contributed by atoms with Crippen LogP contribution in [-0.2, 0) is 28.6 Å². The summed E-state index contributed by atoms with van der Waals surface area (Å²) in [7, 11) is 0. The van der Waals surface area contributed by atoms with E-state index in [0.29, 0.717) is 47.3 Å². The van der Waals surface area contributed by atoms with E-state index >= 15 is 0 Å². The Morgan fingerprint density at radius 1 is 0.625 bits per heavy atom. The van der Waals surface area contributed by atoms with Crippen molar-refractivity contribution in [2.75, 3.05) is 19.8 Å². The number of esters is 3. The highest BCUT2D eigenvalue weighted by Gasteiger charge is 2.19. The third kappa shape index (κ3) is 9.48. The summed E-state index contributed by atoms with van der Waals surface area (Å²) < 4.78 is 34.3. The lowest BCUT2D eigenvalue weighted by molar-refractivity contribution is -0.145. The van der Waals surface area contributed by atoms with Gasteiger partial charge >= 0.3 is 17.9 Å². The molecule has 0 spiro atoms. The summed E-state index contributed by atoms with van der Waals surface area (Å²) in [5.41, 5.74) is 0. The summed E-state index contributed by atoms with van der Waals surface area (Å²) in [6.45, 7) is 16.3. The van der Waals surface area contributed by atoms with E-state index < -0.39 is 36.2 Å². The van der Waals surface area contributed by atoms with Crippen LogP contribution < -0.4 is 14.2 Å². The third-order valence-corrected chi connectivity index (χ3v) is 5.91. The van der Waals surface area contributed by atoms with Crippen LogP contribution in [-0.4, -0.2) is 56.0 Å². The summed E-state index contributed by atoms with van der Waals surface area (Å²) in [6.07, 6.45) is 3.51. The molecule has 0 heterocycles. The minimum Gasteiger partial charge on any atom is -0.489 e. The predicted octanol–water partition coefficient (Wildman–Crippen LogP) is 5.50. The SMILES string of the molecule is C=CC(=O)OC(CC)COc1ccc(OCC(CC)OC(=O)C=C)c2c(OCC(CC)OC(=O)C=C)cccc12. The zero-order valence-corrected chi connectivity index (χ0v) is 23.4. The predicted molar refractivity (Wildman–Crippen MR) is 152 cm³/mol. The lowest BCUT2D eigenvalue weighted by atomic mass is 10.1. The highest BCUT2D eigenvalue weighted by atomic mass is 16.6. The molecule has 0 saturated heterocycles. The number of fused-ring (bicyclic) bond motifs is 1. The number of carbonyl (C=O) groups is 3. The van der Waals surface area contributed by atoms with Gasteiger partial charge in [-0.05, 0) is 37.5 Å². The first-order valence-electron chi connectivity index (χ1n) is 13.2. The monoisotopic (exact) mass is 554 g/mol. The molecule has 0 saturated carbocycles. The Hall–Kier alpha value is -4.27. The maximum absolute atomic E-state index is 11.7. The van der Waals surface area contributed by atoms with Crippen molar-refractivity contribution in [3.63, 3.8) is 0 Å². The third-order valence-electron chi connectivity index (χ3n) is 5.91. The van der Waals surface area contributed by atoms with Crippen molar-refractivity contribution in [3.05, 3.63) is 68.3 Å². The highest BCUT2D eigenvalue weighted by Crippen LogP contribution is 2.40. The largest absolute Gasteiger partial charge is 0.489 e. The highest BCUT2D eigenvalue weighted by molar-refractivity contribution is 5.98. The molecule has 40 heavy (non-hydrogen) atoms. The van der Waals surface area contributed by atoms with Crippen molar-refractivity contribution in [1.29, 1.82) is 0 Å². The minimum atomic E-state index is -0.532. The van der Waals surface area contributed by atoms with E-state index in [-0.39, 0.29) is 19.8 Å². The fourth-order valence-corrected chi connectivity index (χ4v) is 3.57. The van der Waals surface area contributed by atoms with Gasteiger partial charge in [0.25, 0.3) is 0 Å². The van der Waals surface area contributed by atoms with Crippen LogP contribution in [0.2, 0.25) is 0 Å². The molecule has 3 unspecified atom stereocenters. The Morgan fingerprint density at radius 3 is 1.40 bits per heavy atom. The van der Waals surface area contributed by atoms with Crippen LogP contribution in [0.3, 0.4) is 0 Å². The average Bonchev–Trinajstić information content (AvgIpc) is 2.98. The van der Waals surface area contributed by atoms with E-state index in [1.165, 1.54) is 0 Å². The van der Waals surface area contributed by atoms with E-state index in [4.69, 9.17) is 28.4 Å². The second kappa shape index (κ2) is 16.6. The second-order valence-corrected chi connectivity index (χ2v) is 8.69. The van der Waals surface area contributed by atoms with Crippen LogP contribution >= 0.6 is 0 Å². The van der Waals surface area contributed by atoms with E-state index in [0.717, 1.165) is 18.2 Å². The molecule has 0 aromatic heterocycles. The number of rotatable bonds is 18. The average molecular weight is 555 g/mol. The van der Waals surface area contributed by atoms with Gasteiger partial charge in [0, 0.05) is 23.6 Å². The number of ether oxygens (including phenoxy) is 6. The van der Waals surface area contributed by atoms with Gasteiger partial charge in [0.05, 0.1) is 5.39 Å². The molecule has 2 rings (SSSR count). The molecule has 3 atom stereocenters. The van der Waals surface area contributed by atoms with Gasteiger partial charge in [-0.3, -0.25) is 0 Å². The Morgan fingerprint density at radius 2 is 1.00 bits per heavy atom. The van der Waals surface area contributed by atoms with Crippen LogP contribution in [0, 0.1) is 0 Å². The van der Waals surface area contributed by atoms with Crippen molar-refractivity contribution in [1.82, 2.24) is 0 Å². The first-order chi connectivity index (χ1) is 19.3. The summed E-state index contributed by atoms with van der Waals surface area (Å²) in [4.78, 5) is 35.1. The maximum atomic E-state index is 11.7. The Labute approximate surface area is 235 Å². The number of hydrogen-bond donors (Lipinski definition) is 0.